The molecule has 1 saturated carbocycles. The smallest absolute Gasteiger partial charge is 0.326 e. The molecule has 4 heteroatoms. The zero-order valence-corrected chi connectivity index (χ0v) is 39.4. The first-order valence-corrected chi connectivity index (χ1v) is 28.3. The Kier molecular flexibility index (Phi) is 2.78. The Labute approximate surface area is 411 Å². The van der Waals surface area contributed by atoms with Gasteiger partial charge in [-0.3, -0.25) is 9.59 Å². The molecule has 0 bridgehead atoms. The third kappa shape index (κ3) is 1.62. The van der Waals surface area contributed by atoms with Crippen LogP contribution in [0, 0.1) is 5.41 Å². The van der Waals surface area contributed by atoms with Crippen molar-refractivity contribution in [1.29, 1.82) is 0 Å². The molecular formula is C71H18O4. The lowest BCUT2D eigenvalue weighted by Gasteiger charge is -2.32. The highest BCUT2D eigenvalue weighted by molar-refractivity contribution is 6.82. The van der Waals surface area contributed by atoms with E-state index in [-0.39, 0.29) is 11.9 Å². The van der Waals surface area contributed by atoms with Crippen molar-refractivity contribution in [3.63, 3.8) is 0 Å². The molecule has 5 aliphatic carbocycles. The molecule has 0 N–H and O–H groups in total. The van der Waals surface area contributed by atoms with Crippen LogP contribution < -0.4 is 0 Å². The lowest BCUT2D eigenvalue weighted by Crippen LogP contribution is -2.39. The number of unbranched alkanes of at least 4 members (excludes halogenated alkanes) is 2. The number of ether oxygens (including phenoxy) is 2. The first-order valence-electron chi connectivity index (χ1n) is 28.3. The molecule has 28 aromatic rings. The molecule has 5 aliphatic rings. The lowest BCUT2D eigenvalue weighted by atomic mass is 9.68. The van der Waals surface area contributed by atoms with Crippen LogP contribution in [0.15, 0.2) is 0 Å². The van der Waals surface area contributed by atoms with Crippen LogP contribution in [0.4, 0.5) is 0 Å². The summed E-state index contributed by atoms with van der Waals surface area (Å²) < 4.78 is 13.9. The Morgan fingerprint density at radius 2 is 0.373 bits per heavy atom. The zero-order chi connectivity index (χ0) is 45.8. The highest BCUT2D eigenvalue weighted by Crippen LogP contribution is 2.96. The number of rotatable bonds is 8. The second kappa shape index (κ2) is 6.96. The summed E-state index contributed by atoms with van der Waals surface area (Å²) in [4.78, 5) is 34.1. The molecule has 33 rings (SSSR count). The minimum atomic E-state index is -1.66. The molecule has 28 aromatic carbocycles. The van der Waals surface area contributed by atoms with E-state index < -0.39 is 16.2 Å². The van der Waals surface area contributed by atoms with E-state index in [0.29, 0.717) is 13.2 Å². The van der Waals surface area contributed by atoms with Crippen LogP contribution in [-0.4, -0.2) is 25.2 Å². The normalized spacial score (nSPS) is 19.5. The molecule has 75 heavy (non-hydrogen) atoms. The number of carbonyl (C=O) groups is 2. The molecule has 0 aromatic heterocycles. The van der Waals surface area contributed by atoms with Gasteiger partial charge in [0.1, 0.15) is 0 Å². The van der Waals surface area contributed by atoms with Gasteiger partial charge in [-0.2, -0.15) is 0 Å². The van der Waals surface area contributed by atoms with Gasteiger partial charge in [-0.25, -0.2) is 0 Å². The van der Waals surface area contributed by atoms with Crippen LogP contribution in [0.1, 0.15) is 61.8 Å². The molecule has 0 unspecified atom stereocenters. The van der Waals surface area contributed by atoms with Crippen LogP contribution in [0.2, 0.25) is 0 Å². The van der Waals surface area contributed by atoms with E-state index in [4.69, 9.17) is 9.47 Å². The summed E-state index contributed by atoms with van der Waals surface area (Å²) in [5, 5.41) is 80.8. The van der Waals surface area contributed by atoms with Gasteiger partial charge < -0.3 is 9.47 Å². The van der Waals surface area contributed by atoms with Crippen molar-refractivity contribution in [2.75, 3.05) is 13.2 Å². The molecule has 0 radical (unpaired) electrons. The van der Waals surface area contributed by atoms with Crippen LogP contribution in [0.5, 0.6) is 0 Å². The quantitative estimate of drug-likeness (QED) is 0.0659. The van der Waals surface area contributed by atoms with E-state index in [1.165, 1.54) is 216 Å². The van der Waals surface area contributed by atoms with E-state index in [2.05, 4.69) is 13.8 Å². The average Bonchev–Trinajstić information content (AvgIpc) is 3.76. The van der Waals surface area contributed by atoms with Crippen molar-refractivity contribution in [3.8, 4) is 0 Å². The van der Waals surface area contributed by atoms with E-state index in [1.807, 2.05) is 0 Å². The molecule has 2 spiro atoms. The van der Waals surface area contributed by atoms with Crippen LogP contribution in [0.3, 0.4) is 0 Å². The maximum absolute atomic E-state index is 17.0. The molecule has 0 amide bonds. The maximum Gasteiger partial charge on any atom is 0.326 e. The Hall–Kier alpha value is -8.60. The summed E-state index contributed by atoms with van der Waals surface area (Å²) in [5.41, 5.74) is 1.46. The Bertz CT molecular complexity index is 6790. The van der Waals surface area contributed by atoms with E-state index in [1.54, 1.807) is 97.0 Å². The first-order chi connectivity index (χ1) is 37.2. The van der Waals surface area contributed by atoms with Gasteiger partial charge in [-0.05, 0) is 326 Å². The minimum absolute atomic E-state index is 0.296. The summed E-state index contributed by atoms with van der Waals surface area (Å²) in [7, 11) is 0. The Balaban J connectivity index is 1.10. The van der Waals surface area contributed by atoms with Gasteiger partial charge in [0.15, 0.2) is 5.41 Å². The predicted molar refractivity (Wildman–Crippen MR) is 308 cm³/mol. The fourth-order valence-electron chi connectivity index (χ4n) is 26.1. The highest BCUT2D eigenvalue weighted by Gasteiger charge is 3.01. The molecule has 4 nitrogen and oxygen atoms in total. The second-order valence-corrected chi connectivity index (χ2v) is 27.0. The molecule has 0 heterocycles. The van der Waals surface area contributed by atoms with Crippen LogP contribution in [0.25, 0.3) is 291 Å². The summed E-state index contributed by atoms with van der Waals surface area (Å²) in [6, 6.07) is 0. The van der Waals surface area contributed by atoms with E-state index >= 15 is 9.59 Å². The number of hydrogen-bond acceptors (Lipinski definition) is 4. The van der Waals surface area contributed by atoms with Gasteiger partial charge >= 0.3 is 11.9 Å². The second-order valence-electron chi connectivity index (χ2n) is 27.0. The maximum atomic E-state index is 17.0. The third-order valence-electron chi connectivity index (χ3n) is 26.4. The standard InChI is InChI=1S/C71H18O4/c1-3-5-7-74-67(72)71(68(73)75-8-6-4-2)69-63-55-47-37-27-19-11-9-10-13-17-15(11)23-31-25(17)35-29-21(13)22-14(10)18-16-12(9)20(19)28-34-24(16)32-26(18)36-30(22)40-39(29)49-43(35)53-45(31)51(41(47)33(23)27)59(63)61(53)65-57(49)58-50(40)44(36)54-46(32)52-42(34)48(38(28)37)56(55)64(69)60(52)62(54)66(58)70(65,69)71/h3-8H2,1-2H3. The zero-order valence-electron chi connectivity index (χ0n) is 39.4. The number of hydrogen-bond donors (Lipinski definition) is 0. The fourth-order valence-corrected chi connectivity index (χ4v) is 26.1. The first kappa shape index (κ1) is 29.9. The molecule has 0 aliphatic heterocycles. The average molecular weight is 935 g/mol. The summed E-state index contributed by atoms with van der Waals surface area (Å²) in [6.07, 6.45) is 3.31. The summed E-state index contributed by atoms with van der Waals surface area (Å²) in [5.74, 6) is -0.681. The van der Waals surface area contributed by atoms with Gasteiger partial charge in [0.05, 0.1) is 24.0 Å². The number of esters is 2. The summed E-state index contributed by atoms with van der Waals surface area (Å²) in [6.45, 7) is 4.93. The van der Waals surface area contributed by atoms with Crippen molar-refractivity contribution in [3.05, 3.63) is 22.3 Å². The monoisotopic (exact) mass is 934 g/mol. The number of carbonyl (C=O) groups excluding carboxylic acids is 2. The Morgan fingerprint density at radius 1 is 0.240 bits per heavy atom. The molecule has 0 atom stereocenters. The van der Waals surface area contributed by atoms with E-state index in [9.17, 15) is 0 Å². The molecule has 1 fully saturated rings. The van der Waals surface area contributed by atoms with Crippen LogP contribution >= 0.6 is 0 Å². The Morgan fingerprint density at radius 3 is 0.507 bits per heavy atom. The summed E-state index contributed by atoms with van der Waals surface area (Å²) >= 11 is 0. The molecule has 0 saturated heterocycles. The number of benzene rings is 18. The van der Waals surface area contributed by atoms with Gasteiger partial charge in [0.2, 0.25) is 0 Å². The van der Waals surface area contributed by atoms with Crippen molar-refractivity contribution < 1.29 is 19.1 Å². The van der Waals surface area contributed by atoms with Gasteiger partial charge in [-0.1, -0.05) is 26.7 Å². The molecule has 326 valence electrons. The van der Waals surface area contributed by atoms with Gasteiger partial charge in [0.25, 0.3) is 0 Å². The van der Waals surface area contributed by atoms with Crippen molar-refractivity contribution in [2.45, 2.75) is 50.4 Å². The van der Waals surface area contributed by atoms with Crippen molar-refractivity contribution in [1.82, 2.24) is 0 Å². The van der Waals surface area contributed by atoms with Gasteiger partial charge in [0, 0.05) is 0 Å². The van der Waals surface area contributed by atoms with E-state index in [0.717, 1.165) is 25.7 Å². The highest BCUT2D eigenvalue weighted by atomic mass is 16.6. The van der Waals surface area contributed by atoms with Gasteiger partial charge in [-0.15, -0.1) is 0 Å². The predicted octanol–water partition coefficient (Wildman–Crippen LogP) is 18.0. The topological polar surface area (TPSA) is 52.6 Å². The van der Waals surface area contributed by atoms with Crippen molar-refractivity contribution in [2.24, 2.45) is 5.41 Å². The lowest BCUT2D eigenvalue weighted by molar-refractivity contribution is -0.166. The largest absolute Gasteiger partial charge is 0.465 e. The SMILES string of the molecule is CCCCOC(=O)C1(C(=O)OCCCC)C23c4c5c6c7c8c9c(c%10c%11c2c2c4c4c%12c5c5c6c6c8c8c%13c9c9c%10c%10c%11c%11c2c2c4c4c%12c%12c5c5c6c8c6c8c%13c9c9c%10c%10c%11c2c2c4c4c%12c5c6c5c8c9c%10c2c45)C713. The third-order valence-corrected chi connectivity index (χ3v) is 26.4. The fraction of sp³-hybridized carbons (Fsp3) is 0.155. The minimum Gasteiger partial charge on any atom is -0.465 e. The molecular weight excluding hydrogens is 917 g/mol. The van der Waals surface area contributed by atoms with Crippen LogP contribution in [-0.2, 0) is 29.9 Å². The van der Waals surface area contributed by atoms with Crippen molar-refractivity contribution >= 4 is 303 Å².